The molecule has 1 fully saturated rings. The van der Waals surface area contributed by atoms with Gasteiger partial charge in [-0.1, -0.05) is 0 Å². The molecule has 0 radical (unpaired) electrons. The van der Waals surface area contributed by atoms with E-state index in [9.17, 15) is 9.59 Å². The van der Waals surface area contributed by atoms with Crippen molar-refractivity contribution in [1.29, 1.82) is 0 Å². The van der Waals surface area contributed by atoms with E-state index in [1.54, 1.807) is 4.90 Å². The number of aryl methyl sites for hydroxylation is 1. The van der Waals surface area contributed by atoms with Gasteiger partial charge in [-0.15, -0.1) is 22.9 Å². The number of thiophene rings is 1. The lowest BCUT2D eigenvalue weighted by Gasteiger charge is -2.17. The van der Waals surface area contributed by atoms with E-state index in [1.165, 1.54) is 18.4 Å². The van der Waals surface area contributed by atoms with Gasteiger partial charge in [0.05, 0.1) is 18.2 Å². The Bertz CT molecular complexity index is 471. The number of halogens is 1. The fourth-order valence-electron chi connectivity index (χ4n) is 1.89. The quantitative estimate of drug-likeness (QED) is 0.613. The monoisotopic (exact) mass is 273 g/mol. The maximum Gasteiger partial charge on any atom is 0.350 e. The molecule has 0 N–H and O–H groups in total. The van der Waals surface area contributed by atoms with E-state index < -0.39 is 5.97 Å². The van der Waals surface area contributed by atoms with Crippen LogP contribution in [0, 0.1) is 6.92 Å². The summed E-state index contributed by atoms with van der Waals surface area (Å²) in [4.78, 5) is 25.4. The summed E-state index contributed by atoms with van der Waals surface area (Å²) in [6.45, 7) is 2.31. The van der Waals surface area contributed by atoms with Crippen molar-refractivity contribution >= 4 is 40.5 Å². The van der Waals surface area contributed by atoms with Gasteiger partial charge in [0, 0.05) is 13.0 Å². The molecule has 0 spiro atoms. The van der Waals surface area contributed by atoms with E-state index in [4.69, 9.17) is 16.3 Å². The van der Waals surface area contributed by atoms with Crippen LogP contribution in [0.15, 0.2) is 5.38 Å². The SMILES string of the molecule is COC(=O)c1scc(C)c1N1CC(Cl)CC1=O. The maximum absolute atomic E-state index is 11.8. The Balaban J connectivity index is 2.41. The van der Waals surface area contributed by atoms with E-state index in [0.29, 0.717) is 23.5 Å². The van der Waals surface area contributed by atoms with Crippen molar-refractivity contribution in [3.05, 3.63) is 15.8 Å². The largest absolute Gasteiger partial charge is 0.465 e. The van der Waals surface area contributed by atoms with Crippen LogP contribution in [0.25, 0.3) is 0 Å². The highest BCUT2D eigenvalue weighted by molar-refractivity contribution is 7.12. The van der Waals surface area contributed by atoms with Gasteiger partial charge in [-0.3, -0.25) is 4.79 Å². The first-order chi connectivity index (χ1) is 8.04. The molecule has 1 aromatic heterocycles. The lowest BCUT2D eigenvalue weighted by molar-refractivity contribution is -0.117. The van der Waals surface area contributed by atoms with Gasteiger partial charge in [0.1, 0.15) is 4.88 Å². The van der Waals surface area contributed by atoms with E-state index >= 15 is 0 Å². The topological polar surface area (TPSA) is 46.6 Å². The summed E-state index contributed by atoms with van der Waals surface area (Å²) in [5.41, 5.74) is 1.55. The average molecular weight is 274 g/mol. The summed E-state index contributed by atoms with van der Waals surface area (Å²) in [7, 11) is 1.33. The van der Waals surface area contributed by atoms with E-state index in [-0.39, 0.29) is 11.3 Å². The summed E-state index contributed by atoms with van der Waals surface area (Å²) in [6, 6.07) is 0. The highest BCUT2D eigenvalue weighted by Gasteiger charge is 2.33. The molecule has 2 heterocycles. The molecule has 1 aliphatic rings. The molecule has 2 rings (SSSR count). The first kappa shape index (κ1) is 12.4. The predicted molar refractivity (Wildman–Crippen MR) is 67.0 cm³/mol. The molecule has 1 aromatic rings. The maximum atomic E-state index is 11.8. The second-order valence-electron chi connectivity index (χ2n) is 3.89. The first-order valence-electron chi connectivity index (χ1n) is 5.15. The Hall–Kier alpha value is -1.07. The van der Waals surface area contributed by atoms with Gasteiger partial charge in [-0.25, -0.2) is 4.79 Å². The molecule has 0 aromatic carbocycles. The number of hydrogen-bond donors (Lipinski definition) is 0. The second-order valence-corrected chi connectivity index (χ2v) is 5.39. The van der Waals surface area contributed by atoms with E-state index in [1.807, 2.05) is 12.3 Å². The third kappa shape index (κ3) is 2.17. The molecule has 0 aliphatic carbocycles. The smallest absolute Gasteiger partial charge is 0.350 e. The van der Waals surface area contributed by atoms with Gasteiger partial charge in [-0.05, 0) is 17.9 Å². The van der Waals surface area contributed by atoms with E-state index in [0.717, 1.165) is 5.56 Å². The molecule has 1 saturated heterocycles. The molecule has 92 valence electrons. The Kier molecular flexibility index (Phi) is 3.40. The van der Waals surface area contributed by atoms with Crippen LogP contribution in [-0.4, -0.2) is 30.9 Å². The predicted octanol–water partition coefficient (Wildman–Crippen LogP) is 2.19. The minimum atomic E-state index is -0.413. The van der Waals surface area contributed by atoms with Crippen molar-refractivity contribution in [1.82, 2.24) is 0 Å². The van der Waals surface area contributed by atoms with Gasteiger partial charge in [0.2, 0.25) is 5.91 Å². The summed E-state index contributed by atoms with van der Waals surface area (Å²) in [5, 5.41) is 1.66. The third-order valence-corrected chi connectivity index (χ3v) is 4.02. The van der Waals surface area contributed by atoms with Gasteiger partial charge in [-0.2, -0.15) is 0 Å². The Labute approximate surface area is 108 Å². The molecular formula is C11H12ClNO3S. The minimum absolute atomic E-state index is 0.0448. The average Bonchev–Trinajstić information content (AvgIpc) is 2.80. The minimum Gasteiger partial charge on any atom is -0.465 e. The number of ether oxygens (including phenoxy) is 1. The van der Waals surface area contributed by atoms with Crippen LogP contribution >= 0.6 is 22.9 Å². The molecule has 1 amide bonds. The standard InChI is InChI=1S/C11H12ClNO3S/c1-6-5-17-10(11(15)16-2)9(6)13-4-7(12)3-8(13)14/h5,7H,3-4H2,1-2H3. The van der Waals surface area contributed by atoms with Crippen molar-refractivity contribution in [2.75, 3.05) is 18.6 Å². The zero-order valence-electron chi connectivity index (χ0n) is 9.53. The molecule has 1 atom stereocenters. The third-order valence-electron chi connectivity index (χ3n) is 2.66. The number of carbonyl (C=O) groups excluding carboxylic acids is 2. The fraction of sp³-hybridized carbons (Fsp3) is 0.455. The van der Waals surface area contributed by atoms with Gasteiger partial charge in [0.15, 0.2) is 0 Å². The highest BCUT2D eigenvalue weighted by atomic mass is 35.5. The number of rotatable bonds is 2. The molecule has 0 saturated carbocycles. The zero-order valence-corrected chi connectivity index (χ0v) is 11.1. The number of methoxy groups -OCH3 is 1. The van der Waals surface area contributed by atoms with Crippen molar-refractivity contribution in [3.8, 4) is 0 Å². The van der Waals surface area contributed by atoms with Crippen LogP contribution in [0.3, 0.4) is 0 Å². The summed E-state index contributed by atoms with van der Waals surface area (Å²) < 4.78 is 4.71. The van der Waals surface area contributed by atoms with E-state index in [2.05, 4.69) is 0 Å². The highest BCUT2D eigenvalue weighted by Crippen LogP contribution is 2.35. The Morgan fingerprint density at radius 1 is 1.65 bits per heavy atom. The summed E-state index contributed by atoms with van der Waals surface area (Å²) >= 11 is 7.25. The van der Waals surface area contributed by atoms with Crippen molar-refractivity contribution in [2.24, 2.45) is 0 Å². The summed E-state index contributed by atoms with van der Waals surface area (Å²) in [5.74, 6) is -0.458. The molecule has 4 nitrogen and oxygen atoms in total. The number of alkyl halides is 1. The van der Waals surface area contributed by atoms with Crippen LogP contribution in [0.4, 0.5) is 5.69 Å². The van der Waals surface area contributed by atoms with Crippen molar-refractivity contribution < 1.29 is 14.3 Å². The number of hydrogen-bond acceptors (Lipinski definition) is 4. The molecule has 1 aliphatic heterocycles. The normalized spacial score (nSPS) is 19.8. The molecule has 1 unspecified atom stereocenters. The first-order valence-corrected chi connectivity index (χ1v) is 6.47. The second kappa shape index (κ2) is 4.66. The fourth-order valence-corrected chi connectivity index (χ4v) is 3.13. The van der Waals surface area contributed by atoms with Crippen molar-refractivity contribution in [3.63, 3.8) is 0 Å². The van der Waals surface area contributed by atoms with Crippen LogP contribution in [0.5, 0.6) is 0 Å². The number of esters is 1. The molecule has 6 heteroatoms. The number of nitrogens with zero attached hydrogens (tertiary/aromatic N) is 1. The summed E-state index contributed by atoms with van der Waals surface area (Å²) in [6.07, 6.45) is 0.317. The van der Waals surface area contributed by atoms with Gasteiger partial charge < -0.3 is 9.64 Å². The molecular weight excluding hydrogens is 262 g/mol. The molecule has 17 heavy (non-hydrogen) atoms. The Morgan fingerprint density at radius 3 is 2.88 bits per heavy atom. The zero-order chi connectivity index (χ0) is 12.6. The van der Waals surface area contributed by atoms with Crippen LogP contribution in [0.2, 0.25) is 0 Å². The van der Waals surface area contributed by atoms with Crippen LogP contribution in [-0.2, 0) is 9.53 Å². The number of carbonyl (C=O) groups is 2. The van der Waals surface area contributed by atoms with Crippen molar-refractivity contribution in [2.45, 2.75) is 18.7 Å². The van der Waals surface area contributed by atoms with Gasteiger partial charge in [0.25, 0.3) is 0 Å². The van der Waals surface area contributed by atoms with Crippen LogP contribution < -0.4 is 4.90 Å². The number of amides is 1. The lowest BCUT2D eigenvalue weighted by atomic mass is 10.2. The Morgan fingerprint density at radius 2 is 2.35 bits per heavy atom. The van der Waals surface area contributed by atoms with Crippen LogP contribution in [0.1, 0.15) is 21.7 Å². The lowest BCUT2D eigenvalue weighted by Crippen LogP contribution is -2.26. The number of anilines is 1. The molecule has 0 bridgehead atoms. The van der Waals surface area contributed by atoms with Gasteiger partial charge >= 0.3 is 5.97 Å².